The normalized spacial score (nSPS) is 15.1. The van der Waals surface area contributed by atoms with Gasteiger partial charge < -0.3 is 15.3 Å². The number of anilines is 2. The van der Waals surface area contributed by atoms with Gasteiger partial charge in [0.1, 0.15) is 10.6 Å². The highest BCUT2D eigenvalue weighted by Gasteiger charge is 2.26. The molecule has 7 heteroatoms. The number of hydrogen-bond donors (Lipinski definition) is 2. The zero-order chi connectivity index (χ0) is 19.7. The highest BCUT2D eigenvalue weighted by molar-refractivity contribution is 7.18. The average Bonchev–Trinajstić information content (AvgIpc) is 3.01. The topological polar surface area (TPSA) is 78.4 Å². The van der Waals surface area contributed by atoms with Gasteiger partial charge in [-0.2, -0.15) is 4.98 Å². The number of fused-ring (bicyclic) bond motifs is 1. The Hall–Kier alpha value is -2.67. The second-order valence-corrected chi connectivity index (χ2v) is 8.48. The van der Waals surface area contributed by atoms with E-state index in [4.69, 9.17) is 9.97 Å². The van der Waals surface area contributed by atoms with Gasteiger partial charge in [-0.15, -0.1) is 11.3 Å². The van der Waals surface area contributed by atoms with E-state index in [1.807, 2.05) is 18.2 Å². The molecule has 0 radical (unpaired) electrons. The molecule has 0 unspecified atom stereocenters. The number of carbonyl (C=O) groups is 1. The average molecular weight is 397 g/mol. The molecule has 0 spiro atoms. The van der Waals surface area contributed by atoms with Crippen LogP contribution in [0.2, 0.25) is 0 Å². The zero-order valence-electron chi connectivity index (χ0n) is 16.1. The smallest absolute Gasteiger partial charge is 0.306 e. The number of aliphatic carboxylic acids is 1. The standard InChI is InChI=1S/C21H24N4O2S/c1-13-14(2)28-19-17(13)18(22-12-15-6-4-3-5-7-15)23-21(24-19)25-10-8-16(9-11-25)20(26)27/h3-7,16H,8-12H2,1-2H3,(H,26,27)(H,22,23,24). The lowest BCUT2D eigenvalue weighted by Gasteiger charge is -2.30. The molecular weight excluding hydrogens is 372 g/mol. The van der Waals surface area contributed by atoms with Gasteiger partial charge in [0.25, 0.3) is 0 Å². The number of carboxylic acids is 1. The molecule has 1 saturated heterocycles. The number of benzene rings is 1. The summed E-state index contributed by atoms with van der Waals surface area (Å²) in [5.74, 6) is 0.576. The third kappa shape index (κ3) is 3.67. The van der Waals surface area contributed by atoms with E-state index in [0.717, 1.165) is 16.0 Å². The molecule has 1 fully saturated rings. The number of rotatable bonds is 5. The van der Waals surface area contributed by atoms with Crippen molar-refractivity contribution in [2.24, 2.45) is 5.92 Å². The lowest BCUT2D eigenvalue weighted by atomic mass is 9.97. The maximum absolute atomic E-state index is 11.2. The highest BCUT2D eigenvalue weighted by atomic mass is 32.1. The van der Waals surface area contributed by atoms with Crippen molar-refractivity contribution >= 4 is 39.3 Å². The van der Waals surface area contributed by atoms with Gasteiger partial charge >= 0.3 is 5.97 Å². The second-order valence-electron chi connectivity index (χ2n) is 7.27. The molecule has 4 rings (SSSR count). The van der Waals surface area contributed by atoms with Gasteiger partial charge in [-0.3, -0.25) is 4.79 Å². The monoisotopic (exact) mass is 396 g/mol. The van der Waals surface area contributed by atoms with Crippen molar-refractivity contribution in [3.63, 3.8) is 0 Å². The lowest BCUT2D eigenvalue weighted by molar-refractivity contribution is -0.142. The number of aromatic nitrogens is 2. The Morgan fingerprint density at radius 2 is 1.93 bits per heavy atom. The lowest BCUT2D eigenvalue weighted by Crippen LogP contribution is -2.37. The first kappa shape index (κ1) is 18.7. The van der Waals surface area contributed by atoms with Crippen molar-refractivity contribution < 1.29 is 9.90 Å². The van der Waals surface area contributed by atoms with Crippen LogP contribution in [0.3, 0.4) is 0 Å². The fourth-order valence-electron chi connectivity index (χ4n) is 3.62. The van der Waals surface area contributed by atoms with Crippen LogP contribution in [-0.4, -0.2) is 34.1 Å². The van der Waals surface area contributed by atoms with Crippen molar-refractivity contribution in [2.75, 3.05) is 23.3 Å². The van der Waals surface area contributed by atoms with E-state index in [-0.39, 0.29) is 5.92 Å². The fraction of sp³-hybridized carbons (Fsp3) is 0.381. The number of aryl methyl sites for hydroxylation is 2. The van der Waals surface area contributed by atoms with Gasteiger partial charge in [0.05, 0.1) is 11.3 Å². The van der Waals surface area contributed by atoms with Crippen LogP contribution < -0.4 is 10.2 Å². The van der Waals surface area contributed by atoms with Gasteiger partial charge in [0.2, 0.25) is 5.95 Å². The van der Waals surface area contributed by atoms with Crippen LogP contribution in [0.4, 0.5) is 11.8 Å². The quantitative estimate of drug-likeness (QED) is 0.672. The minimum absolute atomic E-state index is 0.262. The summed E-state index contributed by atoms with van der Waals surface area (Å²) in [6.45, 7) is 6.26. The Kier molecular flexibility index (Phi) is 5.17. The van der Waals surface area contributed by atoms with E-state index in [1.54, 1.807) is 11.3 Å². The first-order chi connectivity index (χ1) is 13.5. The second kappa shape index (κ2) is 7.75. The van der Waals surface area contributed by atoms with Crippen molar-refractivity contribution in [2.45, 2.75) is 33.2 Å². The van der Waals surface area contributed by atoms with E-state index in [1.165, 1.54) is 16.0 Å². The fourth-order valence-corrected chi connectivity index (χ4v) is 4.64. The molecule has 1 aliphatic rings. The summed E-state index contributed by atoms with van der Waals surface area (Å²) >= 11 is 1.69. The van der Waals surface area contributed by atoms with Gasteiger partial charge in [-0.1, -0.05) is 30.3 Å². The summed E-state index contributed by atoms with van der Waals surface area (Å²) in [5, 5.41) is 13.8. The molecule has 1 aliphatic heterocycles. The molecule has 0 aliphatic carbocycles. The minimum atomic E-state index is -0.703. The zero-order valence-corrected chi connectivity index (χ0v) is 16.9. The predicted molar refractivity (Wildman–Crippen MR) is 113 cm³/mol. The number of thiophene rings is 1. The van der Waals surface area contributed by atoms with Gasteiger partial charge in [0.15, 0.2) is 0 Å². The van der Waals surface area contributed by atoms with Gasteiger partial charge in [-0.05, 0) is 37.8 Å². The molecular formula is C21H24N4O2S. The molecule has 0 bridgehead atoms. The van der Waals surface area contributed by atoms with E-state index < -0.39 is 5.97 Å². The minimum Gasteiger partial charge on any atom is -0.481 e. The molecule has 3 aromatic rings. The molecule has 0 saturated carbocycles. The Balaban J connectivity index is 1.64. The summed E-state index contributed by atoms with van der Waals surface area (Å²) in [6, 6.07) is 10.3. The molecule has 1 aromatic carbocycles. The van der Waals surface area contributed by atoms with Crippen molar-refractivity contribution in [3.05, 3.63) is 46.3 Å². The van der Waals surface area contributed by atoms with Gasteiger partial charge in [0, 0.05) is 24.5 Å². The van der Waals surface area contributed by atoms with Crippen LogP contribution in [0.15, 0.2) is 30.3 Å². The summed E-state index contributed by atoms with van der Waals surface area (Å²) in [6.07, 6.45) is 1.26. The Morgan fingerprint density at radius 1 is 1.21 bits per heavy atom. The Morgan fingerprint density at radius 3 is 2.61 bits per heavy atom. The Labute approximate surface area is 168 Å². The van der Waals surface area contributed by atoms with E-state index in [2.05, 4.69) is 36.2 Å². The SMILES string of the molecule is Cc1sc2nc(N3CCC(C(=O)O)CC3)nc(NCc3ccccc3)c2c1C. The molecule has 0 amide bonds. The van der Waals surface area contributed by atoms with Crippen LogP contribution >= 0.6 is 11.3 Å². The first-order valence-corrected chi connectivity index (χ1v) is 10.4. The molecule has 2 N–H and O–H groups in total. The third-order valence-electron chi connectivity index (χ3n) is 5.45. The summed E-state index contributed by atoms with van der Waals surface area (Å²) in [4.78, 5) is 25.2. The summed E-state index contributed by atoms with van der Waals surface area (Å²) in [7, 11) is 0. The highest BCUT2D eigenvalue weighted by Crippen LogP contribution is 2.35. The van der Waals surface area contributed by atoms with E-state index in [9.17, 15) is 9.90 Å². The Bertz CT molecular complexity index is 995. The maximum atomic E-state index is 11.2. The van der Waals surface area contributed by atoms with Crippen molar-refractivity contribution in [1.29, 1.82) is 0 Å². The molecule has 3 heterocycles. The van der Waals surface area contributed by atoms with E-state index >= 15 is 0 Å². The van der Waals surface area contributed by atoms with Crippen molar-refractivity contribution in [1.82, 2.24) is 9.97 Å². The van der Waals surface area contributed by atoms with Gasteiger partial charge in [-0.25, -0.2) is 4.98 Å². The predicted octanol–water partition coefficient (Wildman–Crippen LogP) is 4.22. The maximum Gasteiger partial charge on any atom is 0.306 e. The summed E-state index contributed by atoms with van der Waals surface area (Å²) in [5.41, 5.74) is 2.41. The van der Waals surface area contributed by atoms with E-state index in [0.29, 0.717) is 38.4 Å². The van der Waals surface area contributed by atoms with Crippen LogP contribution in [0.5, 0.6) is 0 Å². The third-order valence-corrected chi connectivity index (χ3v) is 6.55. The number of carboxylic acid groups (broad SMARTS) is 1. The molecule has 0 atom stereocenters. The number of piperidine rings is 1. The van der Waals surface area contributed by atoms with Crippen LogP contribution in [0.25, 0.3) is 10.2 Å². The first-order valence-electron chi connectivity index (χ1n) is 9.56. The number of nitrogens with one attached hydrogen (secondary N) is 1. The van der Waals surface area contributed by atoms with Crippen LogP contribution in [0.1, 0.15) is 28.8 Å². The van der Waals surface area contributed by atoms with Crippen molar-refractivity contribution in [3.8, 4) is 0 Å². The molecule has 146 valence electrons. The number of hydrogen-bond acceptors (Lipinski definition) is 6. The molecule has 2 aromatic heterocycles. The summed E-state index contributed by atoms with van der Waals surface area (Å²) < 4.78 is 0. The largest absolute Gasteiger partial charge is 0.481 e. The number of nitrogens with zero attached hydrogens (tertiary/aromatic N) is 3. The molecule has 28 heavy (non-hydrogen) atoms. The molecule has 6 nitrogen and oxygen atoms in total. The van der Waals surface area contributed by atoms with Crippen LogP contribution in [-0.2, 0) is 11.3 Å². The van der Waals surface area contributed by atoms with Crippen LogP contribution in [0, 0.1) is 19.8 Å².